The molecule has 0 radical (unpaired) electrons. The lowest BCUT2D eigenvalue weighted by molar-refractivity contribution is 0.692. The average Bonchev–Trinajstić information content (AvgIpc) is 2.44. The highest BCUT2D eigenvalue weighted by atomic mass is 32.2. The lowest BCUT2D eigenvalue weighted by Crippen LogP contribution is -2.09. The molecule has 2 aromatic heterocycles. The van der Waals surface area contributed by atoms with E-state index < -0.39 is 0 Å². The molecule has 0 amide bonds. The highest BCUT2D eigenvalue weighted by Gasteiger charge is 2.13. The molecule has 0 saturated heterocycles. The number of H-pyrrole nitrogens is 1. The largest absolute Gasteiger partial charge is 0.395 e. The van der Waals surface area contributed by atoms with Crippen molar-refractivity contribution in [3.63, 3.8) is 0 Å². The van der Waals surface area contributed by atoms with Gasteiger partial charge in [0.05, 0.1) is 11.4 Å². The smallest absolute Gasteiger partial charge is 0.253 e. The van der Waals surface area contributed by atoms with E-state index in [2.05, 4.69) is 15.1 Å². The first-order chi connectivity index (χ1) is 7.97. The molecular formula is C9H12N6OS. The van der Waals surface area contributed by atoms with Crippen LogP contribution in [0.3, 0.4) is 0 Å². The first-order valence-electron chi connectivity index (χ1n) is 4.81. The molecule has 7 nitrogen and oxygen atoms in total. The van der Waals surface area contributed by atoms with Crippen molar-refractivity contribution in [3.05, 3.63) is 22.1 Å². The van der Waals surface area contributed by atoms with Gasteiger partial charge in [0.25, 0.3) is 5.56 Å². The van der Waals surface area contributed by atoms with Crippen LogP contribution in [0.25, 0.3) is 0 Å². The van der Waals surface area contributed by atoms with Crippen molar-refractivity contribution in [2.45, 2.75) is 17.1 Å². The number of nitrogen functional groups attached to an aromatic ring is 2. The van der Waals surface area contributed by atoms with E-state index in [0.29, 0.717) is 10.8 Å². The lowest BCUT2D eigenvalue weighted by Gasteiger charge is -2.02. The summed E-state index contributed by atoms with van der Waals surface area (Å²) in [6, 6.07) is 1.22. The van der Waals surface area contributed by atoms with Gasteiger partial charge in [0.15, 0.2) is 5.16 Å². The van der Waals surface area contributed by atoms with Gasteiger partial charge in [-0.25, -0.2) is 4.98 Å². The van der Waals surface area contributed by atoms with Crippen LogP contribution in [0.5, 0.6) is 0 Å². The maximum Gasteiger partial charge on any atom is 0.253 e. The van der Waals surface area contributed by atoms with E-state index in [4.69, 9.17) is 11.5 Å². The third-order valence-electron chi connectivity index (χ3n) is 2.15. The van der Waals surface area contributed by atoms with Gasteiger partial charge in [0.1, 0.15) is 10.8 Å². The summed E-state index contributed by atoms with van der Waals surface area (Å²) in [6.45, 7) is 1.81. The zero-order chi connectivity index (χ0) is 12.6. The van der Waals surface area contributed by atoms with E-state index in [1.165, 1.54) is 17.8 Å². The Kier molecular flexibility index (Phi) is 2.80. The summed E-state index contributed by atoms with van der Waals surface area (Å²) in [6.07, 6.45) is 0. The molecule has 0 aromatic carbocycles. The number of nitrogens with one attached hydrogen (secondary N) is 1. The Balaban J connectivity index is 2.41. The van der Waals surface area contributed by atoms with Gasteiger partial charge in [-0.3, -0.25) is 9.48 Å². The fraction of sp³-hybridized carbons (Fsp3) is 0.222. The van der Waals surface area contributed by atoms with Crippen LogP contribution >= 0.6 is 11.8 Å². The van der Waals surface area contributed by atoms with E-state index in [9.17, 15) is 4.79 Å². The molecule has 0 bridgehead atoms. The number of rotatable bonds is 2. The third kappa shape index (κ3) is 2.26. The van der Waals surface area contributed by atoms with Crippen LogP contribution < -0.4 is 17.0 Å². The molecule has 0 unspecified atom stereocenters. The van der Waals surface area contributed by atoms with Crippen LogP contribution in [-0.4, -0.2) is 19.7 Å². The predicted molar refractivity (Wildman–Crippen MR) is 65.8 cm³/mol. The molecule has 2 heterocycles. The number of aryl methyl sites for hydroxylation is 2. The summed E-state index contributed by atoms with van der Waals surface area (Å²) in [4.78, 5) is 17.8. The second-order valence-electron chi connectivity index (χ2n) is 3.51. The number of nitrogens with two attached hydrogens (primary N) is 2. The Bertz CT molecular complexity index is 616. The van der Waals surface area contributed by atoms with Crippen LogP contribution in [0.15, 0.2) is 21.0 Å². The number of hydrogen-bond acceptors (Lipinski definition) is 6. The fourth-order valence-electron chi connectivity index (χ4n) is 1.37. The van der Waals surface area contributed by atoms with E-state index in [-0.39, 0.29) is 11.4 Å². The minimum absolute atomic E-state index is 0.175. The average molecular weight is 252 g/mol. The molecule has 8 heteroatoms. The monoisotopic (exact) mass is 252 g/mol. The minimum Gasteiger partial charge on any atom is -0.395 e. The maximum atomic E-state index is 11.2. The van der Waals surface area contributed by atoms with Crippen LogP contribution in [0, 0.1) is 6.92 Å². The van der Waals surface area contributed by atoms with Crippen molar-refractivity contribution >= 4 is 23.3 Å². The summed E-state index contributed by atoms with van der Waals surface area (Å²) in [5.74, 6) is 0.175. The molecule has 0 atom stereocenters. The zero-order valence-electron chi connectivity index (χ0n) is 9.39. The van der Waals surface area contributed by atoms with Crippen molar-refractivity contribution in [2.24, 2.45) is 7.05 Å². The molecule has 5 N–H and O–H groups in total. The van der Waals surface area contributed by atoms with E-state index in [1.54, 1.807) is 11.7 Å². The Morgan fingerprint density at radius 3 is 2.71 bits per heavy atom. The Morgan fingerprint density at radius 1 is 1.47 bits per heavy atom. The number of nitrogens with zero attached hydrogens (tertiary/aromatic N) is 3. The van der Waals surface area contributed by atoms with Crippen molar-refractivity contribution in [2.75, 3.05) is 11.5 Å². The Hall–Kier alpha value is -1.96. The normalized spacial score (nSPS) is 10.7. The highest BCUT2D eigenvalue weighted by Crippen LogP contribution is 2.30. The molecule has 0 aliphatic rings. The van der Waals surface area contributed by atoms with Gasteiger partial charge in [-0.2, -0.15) is 5.10 Å². The molecule has 0 aliphatic carbocycles. The summed E-state index contributed by atoms with van der Waals surface area (Å²) in [5.41, 5.74) is 12.4. The summed E-state index contributed by atoms with van der Waals surface area (Å²) in [5, 5.41) is 5.28. The molecule has 2 rings (SSSR count). The highest BCUT2D eigenvalue weighted by molar-refractivity contribution is 7.99. The van der Waals surface area contributed by atoms with Crippen LogP contribution in [0.4, 0.5) is 11.5 Å². The van der Waals surface area contributed by atoms with Gasteiger partial charge in [-0.05, 0) is 18.7 Å². The first-order valence-corrected chi connectivity index (χ1v) is 5.63. The Labute approximate surface area is 101 Å². The second-order valence-corrected chi connectivity index (χ2v) is 4.48. The fourth-order valence-corrected chi connectivity index (χ4v) is 2.28. The topological polar surface area (TPSA) is 116 Å². The van der Waals surface area contributed by atoms with Crippen molar-refractivity contribution in [3.8, 4) is 0 Å². The van der Waals surface area contributed by atoms with Crippen molar-refractivity contribution in [1.29, 1.82) is 0 Å². The van der Waals surface area contributed by atoms with E-state index in [1.807, 2.05) is 6.92 Å². The number of anilines is 2. The quantitative estimate of drug-likeness (QED) is 0.654. The van der Waals surface area contributed by atoms with Crippen LogP contribution in [0.2, 0.25) is 0 Å². The van der Waals surface area contributed by atoms with Gasteiger partial charge >= 0.3 is 0 Å². The SMILES string of the molecule is Cc1nn(C)c(Sc2nc(N)cc(=O)[nH]2)c1N. The third-order valence-corrected chi connectivity index (χ3v) is 3.21. The molecule has 0 spiro atoms. The number of hydrogen-bond donors (Lipinski definition) is 3. The van der Waals surface area contributed by atoms with Gasteiger partial charge in [-0.15, -0.1) is 0 Å². The molecule has 2 aromatic rings. The van der Waals surface area contributed by atoms with E-state index in [0.717, 1.165) is 10.7 Å². The van der Waals surface area contributed by atoms with Crippen molar-refractivity contribution < 1.29 is 0 Å². The lowest BCUT2D eigenvalue weighted by atomic mass is 10.4. The Morgan fingerprint density at radius 2 is 2.18 bits per heavy atom. The van der Waals surface area contributed by atoms with Crippen LogP contribution in [-0.2, 0) is 7.05 Å². The van der Waals surface area contributed by atoms with Gasteiger partial charge in [-0.1, -0.05) is 0 Å². The molecular weight excluding hydrogens is 240 g/mol. The maximum absolute atomic E-state index is 11.2. The first kappa shape index (κ1) is 11.5. The predicted octanol–water partition coefficient (Wildman–Crippen LogP) is 0.127. The number of aromatic nitrogens is 4. The second kappa shape index (κ2) is 4.13. The molecule has 0 saturated carbocycles. The van der Waals surface area contributed by atoms with Gasteiger partial charge < -0.3 is 16.5 Å². The van der Waals surface area contributed by atoms with Crippen LogP contribution in [0.1, 0.15) is 5.69 Å². The van der Waals surface area contributed by atoms with E-state index >= 15 is 0 Å². The minimum atomic E-state index is -0.294. The molecule has 17 heavy (non-hydrogen) atoms. The van der Waals surface area contributed by atoms with Gasteiger partial charge in [0, 0.05) is 13.1 Å². The summed E-state index contributed by atoms with van der Waals surface area (Å²) in [7, 11) is 1.77. The summed E-state index contributed by atoms with van der Waals surface area (Å²) >= 11 is 1.22. The molecule has 0 fully saturated rings. The van der Waals surface area contributed by atoms with Gasteiger partial charge in [0.2, 0.25) is 0 Å². The molecule has 90 valence electrons. The molecule has 0 aliphatic heterocycles. The standard InChI is InChI=1S/C9H12N6OS/c1-4-7(11)8(15(2)14-4)17-9-12-5(10)3-6(16)13-9/h3H,11H2,1-2H3,(H3,10,12,13,16). The number of aromatic amines is 1. The van der Waals surface area contributed by atoms with Crippen molar-refractivity contribution in [1.82, 2.24) is 19.7 Å². The zero-order valence-corrected chi connectivity index (χ0v) is 10.2. The summed E-state index contributed by atoms with van der Waals surface area (Å²) < 4.78 is 1.64.